The summed E-state index contributed by atoms with van der Waals surface area (Å²) >= 11 is 0. The normalized spacial score (nSPS) is 22.2. The zero-order valence-electron chi connectivity index (χ0n) is 14.4. The van der Waals surface area contributed by atoms with E-state index in [2.05, 4.69) is 4.98 Å². The Morgan fingerprint density at radius 2 is 1.92 bits per heavy atom. The average Bonchev–Trinajstić information content (AvgIpc) is 2.91. The van der Waals surface area contributed by atoms with Gasteiger partial charge in [-0.05, 0) is 31.0 Å². The molecule has 2 N–H and O–H groups in total. The van der Waals surface area contributed by atoms with Crippen LogP contribution < -0.4 is 5.73 Å². The first kappa shape index (κ1) is 17.5. The number of nitrogens with two attached hydrogens (primary N) is 1. The Hall–Kier alpha value is -2.31. The standard InChI is InChI=1S/C19H22FN3O2/c1-19(2)23(12-24)17(9-20)18(25-19)14-5-3-13(4-6-14)15-7-8-16(10-21)22-11-15/h3-8,11-12,17-18H,9-10,21H2,1-2H3/t17-,18?/m1/s1. The minimum absolute atomic E-state index is 0.409. The van der Waals surface area contributed by atoms with E-state index in [4.69, 9.17) is 10.5 Å². The molecule has 25 heavy (non-hydrogen) atoms. The molecule has 0 bridgehead atoms. The van der Waals surface area contributed by atoms with Gasteiger partial charge in [-0.15, -0.1) is 0 Å². The fourth-order valence-electron chi connectivity index (χ4n) is 3.23. The van der Waals surface area contributed by atoms with Gasteiger partial charge in [0.25, 0.3) is 0 Å². The molecule has 132 valence electrons. The number of rotatable bonds is 5. The first-order valence-corrected chi connectivity index (χ1v) is 8.23. The molecule has 1 unspecified atom stereocenters. The average molecular weight is 343 g/mol. The number of hydrogen-bond donors (Lipinski definition) is 1. The number of aromatic nitrogens is 1. The Labute approximate surface area is 146 Å². The van der Waals surface area contributed by atoms with Crippen molar-refractivity contribution in [3.05, 3.63) is 53.9 Å². The third-order valence-electron chi connectivity index (χ3n) is 4.62. The van der Waals surface area contributed by atoms with Crippen LogP contribution in [0.3, 0.4) is 0 Å². The maximum Gasteiger partial charge on any atom is 0.212 e. The second-order valence-electron chi connectivity index (χ2n) is 6.58. The summed E-state index contributed by atoms with van der Waals surface area (Å²) < 4.78 is 19.5. The molecule has 1 aliphatic rings. The van der Waals surface area contributed by atoms with Crippen molar-refractivity contribution in [3.63, 3.8) is 0 Å². The highest BCUT2D eigenvalue weighted by atomic mass is 19.1. The molecule has 1 amide bonds. The van der Waals surface area contributed by atoms with Crippen LogP contribution in [-0.2, 0) is 16.1 Å². The number of hydrogen-bond acceptors (Lipinski definition) is 4. The van der Waals surface area contributed by atoms with Crippen LogP contribution in [0.2, 0.25) is 0 Å². The lowest BCUT2D eigenvalue weighted by atomic mass is 9.99. The molecule has 1 saturated heterocycles. The molecule has 2 atom stereocenters. The van der Waals surface area contributed by atoms with Crippen molar-refractivity contribution in [3.8, 4) is 11.1 Å². The number of alkyl halides is 1. The molecule has 1 aromatic carbocycles. The lowest BCUT2D eigenvalue weighted by Crippen LogP contribution is -2.43. The number of halogens is 1. The summed E-state index contributed by atoms with van der Waals surface area (Å²) in [5, 5.41) is 0. The Bertz CT molecular complexity index is 731. The second kappa shape index (κ2) is 6.90. The molecule has 1 aliphatic heterocycles. The summed E-state index contributed by atoms with van der Waals surface area (Å²) in [5.41, 5.74) is 8.39. The third-order valence-corrected chi connectivity index (χ3v) is 4.62. The highest BCUT2D eigenvalue weighted by Crippen LogP contribution is 2.40. The van der Waals surface area contributed by atoms with Crippen molar-refractivity contribution in [1.29, 1.82) is 0 Å². The Morgan fingerprint density at radius 3 is 2.44 bits per heavy atom. The predicted octanol–water partition coefficient (Wildman–Crippen LogP) is 2.81. The van der Waals surface area contributed by atoms with Gasteiger partial charge in [0.05, 0.1) is 11.7 Å². The molecule has 2 heterocycles. The fourth-order valence-corrected chi connectivity index (χ4v) is 3.23. The van der Waals surface area contributed by atoms with Gasteiger partial charge in [0, 0.05) is 18.3 Å². The van der Waals surface area contributed by atoms with E-state index in [1.165, 1.54) is 4.90 Å². The van der Waals surface area contributed by atoms with Gasteiger partial charge in [0.1, 0.15) is 18.5 Å². The van der Waals surface area contributed by atoms with Crippen LogP contribution in [0.1, 0.15) is 31.2 Å². The molecule has 3 rings (SSSR count). The molecule has 0 spiro atoms. The Kier molecular flexibility index (Phi) is 4.83. The summed E-state index contributed by atoms with van der Waals surface area (Å²) in [6.07, 6.45) is 1.95. The minimum atomic E-state index is -0.830. The topological polar surface area (TPSA) is 68.5 Å². The monoisotopic (exact) mass is 343 g/mol. The van der Waals surface area contributed by atoms with E-state index in [0.717, 1.165) is 22.4 Å². The molecule has 6 heteroatoms. The molecule has 0 radical (unpaired) electrons. The van der Waals surface area contributed by atoms with Crippen molar-refractivity contribution in [2.24, 2.45) is 5.73 Å². The summed E-state index contributed by atoms with van der Waals surface area (Å²) in [6, 6.07) is 11.0. The predicted molar refractivity (Wildman–Crippen MR) is 93.1 cm³/mol. The minimum Gasteiger partial charge on any atom is -0.346 e. The van der Waals surface area contributed by atoms with Crippen LogP contribution in [0, 0.1) is 0 Å². The molecule has 0 aliphatic carbocycles. The van der Waals surface area contributed by atoms with E-state index in [1.54, 1.807) is 20.0 Å². The summed E-state index contributed by atoms with van der Waals surface area (Å²) in [5.74, 6) is 0. The number of carbonyl (C=O) groups is 1. The van der Waals surface area contributed by atoms with Gasteiger partial charge in [-0.2, -0.15) is 0 Å². The number of benzene rings is 1. The lowest BCUT2D eigenvalue weighted by Gasteiger charge is -2.28. The first-order valence-electron chi connectivity index (χ1n) is 8.23. The first-order chi connectivity index (χ1) is 12.0. The van der Waals surface area contributed by atoms with Gasteiger partial charge in [-0.3, -0.25) is 9.78 Å². The van der Waals surface area contributed by atoms with Gasteiger partial charge in [-0.25, -0.2) is 4.39 Å². The number of carbonyl (C=O) groups excluding carboxylic acids is 1. The fraction of sp³-hybridized carbons (Fsp3) is 0.368. The number of ether oxygens (including phenoxy) is 1. The van der Waals surface area contributed by atoms with Gasteiger partial charge < -0.3 is 15.4 Å². The van der Waals surface area contributed by atoms with E-state index < -0.39 is 24.5 Å². The molecular weight excluding hydrogens is 321 g/mol. The van der Waals surface area contributed by atoms with Gasteiger partial charge >= 0.3 is 0 Å². The van der Waals surface area contributed by atoms with Gasteiger partial charge in [0.15, 0.2) is 0 Å². The van der Waals surface area contributed by atoms with Gasteiger partial charge in [-0.1, -0.05) is 30.3 Å². The Balaban J connectivity index is 1.85. The van der Waals surface area contributed by atoms with Crippen molar-refractivity contribution in [2.45, 2.75) is 38.3 Å². The SMILES string of the molecule is CC1(C)OC(c2ccc(-c3ccc(CN)nc3)cc2)[C@@H](CF)N1C=O. The molecule has 1 fully saturated rings. The number of pyridine rings is 1. The molecule has 1 aromatic heterocycles. The van der Waals surface area contributed by atoms with E-state index in [0.29, 0.717) is 13.0 Å². The number of nitrogens with zero attached hydrogens (tertiary/aromatic N) is 2. The third kappa shape index (κ3) is 3.27. The second-order valence-corrected chi connectivity index (χ2v) is 6.58. The number of amides is 1. The summed E-state index contributed by atoms with van der Waals surface area (Å²) in [7, 11) is 0. The van der Waals surface area contributed by atoms with E-state index >= 15 is 0 Å². The summed E-state index contributed by atoms with van der Waals surface area (Å²) in [4.78, 5) is 17.0. The molecular formula is C19H22FN3O2. The van der Waals surface area contributed by atoms with Crippen molar-refractivity contribution < 1.29 is 13.9 Å². The van der Waals surface area contributed by atoms with Crippen LogP contribution in [0.5, 0.6) is 0 Å². The van der Waals surface area contributed by atoms with E-state index in [9.17, 15) is 9.18 Å². The molecule has 5 nitrogen and oxygen atoms in total. The maximum atomic E-state index is 13.5. The molecule has 0 saturated carbocycles. The lowest BCUT2D eigenvalue weighted by molar-refractivity contribution is -0.134. The Morgan fingerprint density at radius 1 is 1.24 bits per heavy atom. The maximum absolute atomic E-state index is 13.5. The highest BCUT2D eigenvalue weighted by Gasteiger charge is 2.47. The van der Waals surface area contributed by atoms with Crippen LogP contribution in [-0.4, -0.2) is 34.7 Å². The zero-order valence-corrected chi connectivity index (χ0v) is 14.4. The van der Waals surface area contributed by atoms with Gasteiger partial charge in [0.2, 0.25) is 6.41 Å². The van der Waals surface area contributed by atoms with Crippen LogP contribution in [0.15, 0.2) is 42.6 Å². The quantitative estimate of drug-likeness (QED) is 0.848. The van der Waals surface area contributed by atoms with Crippen LogP contribution >= 0.6 is 0 Å². The summed E-state index contributed by atoms with van der Waals surface area (Å²) in [6.45, 7) is 3.29. The van der Waals surface area contributed by atoms with E-state index in [-0.39, 0.29) is 0 Å². The zero-order chi connectivity index (χ0) is 18.0. The van der Waals surface area contributed by atoms with Crippen molar-refractivity contribution in [1.82, 2.24) is 9.88 Å². The smallest absolute Gasteiger partial charge is 0.212 e. The molecule has 2 aromatic rings. The largest absolute Gasteiger partial charge is 0.346 e. The highest BCUT2D eigenvalue weighted by molar-refractivity contribution is 5.63. The van der Waals surface area contributed by atoms with Crippen LogP contribution in [0.25, 0.3) is 11.1 Å². The van der Waals surface area contributed by atoms with Crippen molar-refractivity contribution >= 4 is 6.41 Å². The van der Waals surface area contributed by atoms with Crippen LogP contribution in [0.4, 0.5) is 4.39 Å². The van der Waals surface area contributed by atoms with E-state index in [1.807, 2.05) is 36.4 Å². The van der Waals surface area contributed by atoms with Crippen molar-refractivity contribution in [2.75, 3.05) is 6.67 Å².